The second-order valence-corrected chi connectivity index (χ2v) is 7.47. The molecule has 1 aromatic carbocycles. The summed E-state index contributed by atoms with van der Waals surface area (Å²) in [5, 5.41) is 0. The highest BCUT2D eigenvalue weighted by atomic mass is 16.3. The molecule has 0 aliphatic carbocycles. The van der Waals surface area contributed by atoms with Gasteiger partial charge in [0.05, 0.1) is 6.26 Å². The zero-order valence-corrected chi connectivity index (χ0v) is 17.1. The molecule has 3 rings (SSSR count). The summed E-state index contributed by atoms with van der Waals surface area (Å²) in [6, 6.07) is 11.0. The Morgan fingerprint density at radius 3 is 2.24 bits per heavy atom. The first-order valence-electron chi connectivity index (χ1n) is 9.86. The first kappa shape index (κ1) is 20.6. The van der Waals surface area contributed by atoms with E-state index < -0.39 is 0 Å². The van der Waals surface area contributed by atoms with E-state index in [0.29, 0.717) is 31.9 Å². The van der Waals surface area contributed by atoms with Gasteiger partial charge in [-0.05, 0) is 29.7 Å². The summed E-state index contributed by atoms with van der Waals surface area (Å²) in [7, 11) is 0. The molecule has 1 aromatic heterocycles. The molecule has 2 heterocycles. The van der Waals surface area contributed by atoms with Crippen LogP contribution in [0.4, 0.5) is 5.69 Å². The number of hydrogen-bond acceptors (Lipinski definition) is 4. The SMILES string of the molecule is CC(=O)N(CC(=O)N1CCN(C(=O)c2ccco2)CC1)c1ccccc1C(C)C. The van der Waals surface area contributed by atoms with Crippen LogP contribution in [-0.2, 0) is 9.59 Å². The number of carbonyl (C=O) groups excluding carboxylic acids is 3. The third kappa shape index (κ3) is 4.67. The maximum absolute atomic E-state index is 12.9. The average Bonchev–Trinajstić information content (AvgIpc) is 3.26. The molecule has 1 aliphatic rings. The topological polar surface area (TPSA) is 74.1 Å². The second kappa shape index (κ2) is 8.94. The molecule has 0 spiro atoms. The zero-order valence-electron chi connectivity index (χ0n) is 17.1. The van der Waals surface area contributed by atoms with Crippen molar-refractivity contribution in [3.63, 3.8) is 0 Å². The van der Waals surface area contributed by atoms with Gasteiger partial charge in [0.25, 0.3) is 5.91 Å². The molecule has 0 bridgehead atoms. The monoisotopic (exact) mass is 397 g/mol. The Bertz CT molecular complexity index is 868. The Balaban J connectivity index is 1.65. The van der Waals surface area contributed by atoms with Crippen LogP contribution in [0.1, 0.15) is 42.8 Å². The molecule has 1 fully saturated rings. The van der Waals surface area contributed by atoms with Gasteiger partial charge in [0.15, 0.2) is 5.76 Å². The first-order valence-corrected chi connectivity index (χ1v) is 9.86. The molecule has 7 heteroatoms. The molecule has 154 valence electrons. The fourth-order valence-corrected chi connectivity index (χ4v) is 3.54. The minimum absolute atomic E-state index is 0.00873. The van der Waals surface area contributed by atoms with Crippen molar-refractivity contribution >= 4 is 23.4 Å². The number of carbonyl (C=O) groups is 3. The molecular formula is C22H27N3O4. The minimum atomic E-state index is -0.168. The lowest BCUT2D eigenvalue weighted by atomic mass is 10.0. The number of rotatable bonds is 5. The number of piperazine rings is 1. The van der Waals surface area contributed by atoms with Crippen LogP contribution in [-0.4, -0.2) is 60.2 Å². The van der Waals surface area contributed by atoms with Gasteiger partial charge in [-0.25, -0.2) is 0 Å². The Hall–Kier alpha value is -3.09. The van der Waals surface area contributed by atoms with Crippen LogP contribution in [0, 0.1) is 0 Å². The molecule has 1 saturated heterocycles. The highest BCUT2D eigenvalue weighted by Gasteiger charge is 2.28. The van der Waals surface area contributed by atoms with Gasteiger partial charge < -0.3 is 19.1 Å². The van der Waals surface area contributed by atoms with E-state index in [1.165, 1.54) is 18.1 Å². The van der Waals surface area contributed by atoms with Gasteiger partial charge in [-0.15, -0.1) is 0 Å². The van der Waals surface area contributed by atoms with Crippen LogP contribution in [0.3, 0.4) is 0 Å². The number of para-hydroxylation sites is 1. The number of benzene rings is 1. The maximum Gasteiger partial charge on any atom is 0.289 e. The normalized spacial score (nSPS) is 14.2. The molecule has 0 saturated carbocycles. The third-order valence-corrected chi connectivity index (χ3v) is 5.17. The lowest BCUT2D eigenvalue weighted by Crippen LogP contribution is -2.53. The van der Waals surface area contributed by atoms with E-state index in [9.17, 15) is 14.4 Å². The predicted molar refractivity (Wildman–Crippen MR) is 110 cm³/mol. The van der Waals surface area contributed by atoms with Crippen LogP contribution in [0.5, 0.6) is 0 Å². The van der Waals surface area contributed by atoms with Gasteiger partial charge >= 0.3 is 0 Å². The van der Waals surface area contributed by atoms with Crippen LogP contribution in [0.15, 0.2) is 47.1 Å². The first-order chi connectivity index (χ1) is 13.9. The fourth-order valence-electron chi connectivity index (χ4n) is 3.54. The summed E-state index contributed by atoms with van der Waals surface area (Å²) < 4.78 is 5.17. The highest BCUT2D eigenvalue weighted by molar-refractivity contribution is 5.98. The quantitative estimate of drug-likeness (QED) is 0.778. The van der Waals surface area contributed by atoms with E-state index in [-0.39, 0.29) is 30.2 Å². The standard InChI is InChI=1S/C22H27N3O4/c1-16(2)18-7-4-5-8-19(18)25(17(3)26)15-21(27)23-10-12-24(13-11-23)22(28)20-9-6-14-29-20/h4-9,14,16H,10-13,15H2,1-3H3. The Morgan fingerprint density at radius 2 is 1.66 bits per heavy atom. The van der Waals surface area contributed by atoms with Gasteiger partial charge in [-0.2, -0.15) is 0 Å². The van der Waals surface area contributed by atoms with Crippen molar-refractivity contribution in [1.82, 2.24) is 9.80 Å². The van der Waals surface area contributed by atoms with Crippen molar-refractivity contribution in [2.24, 2.45) is 0 Å². The van der Waals surface area contributed by atoms with Crippen molar-refractivity contribution in [3.05, 3.63) is 54.0 Å². The lowest BCUT2D eigenvalue weighted by molar-refractivity contribution is -0.132. The van der Waals surface area contributed by atoms with E-state index in [4.69, 9.17) is 4.42 Å². The fraction of sp³-hybridized carbons (Fsp3) is 0.409. The lowest BCUT2D eigenvalue weighted by Gasteiger charge is -2.35. The predicted octanol–water partition coefficient (Wildman–Crippen LogP) is 2.74. The van der Waals surface area contributed by atoms with E-state index in [0.717, 1.165) is 11.3 Å². The van der Waals surface area contributed by atoms with Crippen molar-refractivity contribution < 1.29 is 18.8 Å². The van der Waals surface area contributed by atoms with Crippen LogP contribution in [0.25, 0.3) is 0 Å². The smallest absolute Gasteiger partial charge is 0.289 e. The van der Waals surface area contributed by atoms with Gasteiger partial charge in [0, 0.05) is 38.8 Å². The summed E-state index contributed by atoms with van der Waals surface area (Å²) in [4.78, 5) is 42.5. The molecule has 0 radical (unpaired) electrons. The third-order valence-electron chi connectivity index (χ3n) is 5.17. The summed E-state index contributed by atoms with van der Waals surface area (Å²) in [6.07, 6.45) is 1.47. The number of nitrogens with zero attached hydrogens (tertiary/aromatic N) is 3. The van der Waals surface area contributed by atoms with Crippen LogP contribution in [0.2, 0.25) is 0 Å². The second-order valence-electron chi connectivity index (χ2n) is 7.47. The van der Waals surface area contributed by atoms with Gasteiger partial charge in [0.1, 0.15) is 6.54 Å². The molecule has 29 heavy (non-hydrogen) atoms. The van der Waals surface area contributed by atoms with Gasteiger partial charge in [-0.3, -0.25) is 14.4 Å². The van der Waals surface area contributed by atoms with Gasteiger partial charge in [0.2, 0.25) is 11.8 Å². The summed E-state index contributed by atoms with van der Waals surface area (Å²) in [5.74, 6) is 0.0809. The molecule has 0 N–H and O–H groups in total. The van der Waals surface area contributed by atoms with Crippen molar-refractivity contribution in [2.75, 3.05) is 37.6 Å². The van der Waals surface area contributed by atoms with Crippen LogP contribution < -0.4 is 4.90 Å². The molecular weight excluding hydrogens is 370 g/mol. The molecule has 0 unspecified atom stereocenters. The summed E-state index contributed by atoms with van der Waals surface area (Å²) in [6.45, 7) is 7.34. The summed E-state index contributed by atoms with van der Waals surface area (Å²) >= 11 is 0. The Morgan fingerprint density at radius 1 is 1.00 bits per heavy atom. The van der Waals surface area contributed by atoms with E-state index in [2.05, 4.69) is 13.8 Å². The van der Waals surface area contributed by atoms with E-state index in [1.54, 1.807) is 21.9 Å². The van der Waals surface area contributed by atoms with Crippen LogP contribution >= 0.6 is 0 Å². The Kier molecular flexibility index (Phi) is 6.36. The summed E-state index contributed by atoms with van der Waals surface area (Å²) in [5.41, 5.74) is 1.80. The molecule has 1 aliphatic heterocycles. The number of furan rings is 1. The Labute approximate surface area is 170 Å². The average molecular weight is 397 g/mol. The zero-order chi connectivity index (χ0) is 21.0. The molecule has 3 amide bonds. The molecule has 0 atom stereocenters. The van der Waals surface area contributed by atoms with E-state index >= 15 is 0 Å². The number of amides is 3. The van der Waals surface area contributed by atoms with E-state index in [1.807, 2.05) is 24.3 Å². The minimum Gasteiger partial charge on any atom is -0.459 e. The van der Waals surface area contributed by atoms with Crippen molar-refractivity contribution in [2.45, 2.75) is 26.7 Å². The molecule has 2 aromatic rings. The molecule has 7 nitrogen and oxygen atoms in total. The number of hydrogen-bond donors (Lipinski definition) is 0. The van der Waals surface area contributed by atoms with Crippen molar-refractivity contribution in [3.8, 4) is 0 Å². The van der Waals surface area contributed by atoms with Crippen molar-refractivity contribution in [1.29, 1.82) is 0 Å². The number of anilines is 1. The van der Waals surface area contributed by atoms with Gasteiger partial charge in [-0.1, -0.05) is 32.0 Å². The maximum atomic E-state index is 12.9. The highest BCUT2D eigenvalue weighted by Crippen LogP contribution is 2.27. The largest absolute Gasteiger partial charge is 0.459 e.